The summed E-state index contributed by atoms with van der Waals surface area (Å²) in [7, 11) is 0. The van der Waals surface area contributed by atoms with Crippen molar-refractivity contribution in [2.24, 2.45) is 17.8 Å². The summed E-state index contributed by atoms with van der Waals surface area (Å²) in [5.41, 5.74) is -0.178. The van der Waals surface area contributed by atoms with Crippen molar-refractivity contribution in [2.45, 2.75) is 63.4 Å². The summed E-state index contributed by atoms with van der Waals surface area (Å²) < 4.78 is 0. The van der Waals surface area contributed by atoms with Crippen LogP contribution in [0.3, 0.4) is 0 Å². The van der Waals surface area contributed by atoms with Crippen LogP contribution >= 0.6 is 0 Å². The van der Waals surface area contributed by atoms with Gasteiger partial charge in [0, 0.05) is 0 Å². The SMILES string of the molecule is OC1(C2CCCCCC2)C2CCCC21. The van der Waals surface area contributed by atoms with Gasteiger partial charge in [-0.3, -0.25) is 0 Å². The van der Waals surface area contributed by atoms with E-state index in [1.165, 1.54) is 57.8 Å². The molecule has 3 fully saturated rings. The van der Waals surface area contributed by atoms with Crippen LogP contribution in [-0.2, 0) is 0 Å². The lowest BCUT2D eigenvalue weighted by atomic mass is 9.87. The van der Waals surface area contributed by atoms with Crippen LogP contribution in [0.2, 0.25) is 0 Å². The lowest BCUT2D eigenvalue weighted by molar-refractivity contribution is 0.0360. The van der Waals surface area contributed by atoms with E-state index in [1.807, 2.05) is 0 Å². The third-order valence-electron chi connectivity index (χ3n) is 5.10. The zero-order valence-electron chi connectivity index (χ0n) is 9.04. The molecule has 1 heteroatoms. The van der Waals surface area contributed by atoms with E-state index < -0.39 is 0 Å². The van der Waals surface area contributed by atoms with Gasteiger partial charge in [-0.1, -0.05) is 32.1 Å². The smallest absolute Gasteiger partial charge is 0.0739 e. The van der Waals surface area contributed by atoms with Crippen molar-refractivity contribution >= 4 is 0 Å². The molecule has 2 atom stereocenters. The molecule has 3 rings (SSSR count). The Bertz CT molecular complexity index is 205. The van der Waals surface area contributed by atoms with Crippen LogP contribution in [0.15, 0.2) is 0 Å². The molecule has 0 bridgehead atoms. The Kier molecular flexibility index (Phi) is 2.12. The third-order valence-corrected chi connectivity index (χ3v) is 5.10. The first-order chi connectivity index (χ1) is 6.83. The maximum absolute atomic E-state index is 10.7. The molecule has 0 saturated heterocycles. The van der Waals surface area contributed by atoms with Crippen LogP contribution in [0.5, 0.6) is 0 Å². The van der Waals surface area contributed by atoms with Crippen molar-refractivity contribution in [3.8, 4) is 0 Å². The monoisotopic (exact) mass is 194 g/mol. The maximum Gasteiger partial charge on any atom is 0.0739 e. The molecular weight excluding hydrogens is 172 g/mol. The average molecular weight is 194 g/mol. The summed E-state index contributed by atoms with van der Waals surface area (Å²) in [5.74, 6) is 2.09. The van der Waals surface area contributed by atoms with Crippen LogP contribution < -0.4 is 0 Å². The van der Waals surface area contributed by atoms with Crippen LogP contribution in [0.25, 0.3) is 0 Å². The zero-order chi connectivity index (χ0) is 9.60. The van der Waals surface area contributed by atoms with E-state index in [1.54, 1.807) is 0 Å². The number of fused-ring (bicyclic) bond motifs is 1. The Morgan fingerprint density at radius 3 is 1.86 bits per heavy atom. The highest BCUT2D eigenvalue weighted by Crippen LogP contribution is 2.65. The second-order valence-corrected chi connectivity index (χ2v) is 5.72. The van der Waals surface area contributed by atoms with E-state index in [9.17, 15) is 5.11 Å². The molecule has 0 aromatic heterocycles. The van der Waals surface area contributed by atoms with E-state index in [0.717, 1.165) is 0 Å². The molecule has 0 aliphatic heterocycles. The second kappa shape index (κ2) is 3.23. The van der Waals surface area contributed by atoms with Crippen molar-refractivity contribution in [3.05, 3.63) is 0 Å². The van der Waals surface area contributed by atoms with Gasteiger partial charge >= 0.3 is 0 Å². The zero-order valence-corrected chi connectivity index (χ0v) is 9.04. The standard InChI is InChI=1S/C13H22O/c14-13(11-8-5-9-12(11)13)10-6-3-1-2-4-7-10/h10-12,14H,1-9H2. The molecule has 1 N–H and O–H groups in total. The third kappa shape index (κ3) is 1.18. The minimum atomic E-state index is -0.178. The minimum Gasteiger partial charge on any atom is -0.389 e. The molecule has 0 amide bonds. The lowest BCUT2D eigenvalue weighted by Crippen LogP contribution is -2.27. The predicted molar refractivity (Wildman–Crippen MR) is 57.0 cm³/mol. The molecule has 14 heavy (non-hydrogen) atoms. The molecule has 0 heterocycles. The molecule has 0 aromatic rings. The largest absolute Gasteiger partial charge is 0.389 e. The molecule has 0 radical (unpaired) electrons. The van der Waals surface area contributed by atoms with Crippen LogP contribution in [0.4, 0.5) is 0 Å². The van der Waals surface area contributed by atoms with Crippen LogP contribution in [-0.4, -0.2) is 10.7 Å². The van der Waals surface area contributed by atoms with Crippen molar-refractivity contribution in [1.29, 1.82) is 0 Å². The number of aliphatic hydroxyl groups is 1. The molecule has 3 aliphatic carbocycles. The highest BCUT2D eigenvalue weighted by molar-refractivity contribution is 5.17. The maximum atomic E-state index is 10.7. The van der Waals surface area contributed by atoms with Crippen molar-refractivity contribution in [2.75, 3.05) is 0 Å². The van der Waals surface area contributed by atoms with Crippen LogP contribution in [0.1, 0.15) is 57.8 Å². The summed E-state index contributed by atoms with van der Waals surface area (Å²) in [4.78, 5) is 0. The number of hydrogen-bond acceptors (Lipinski definition) is 1. The van der Waals surface area contributed by atoms with Crippen molar-refractivity contribution in [1.82, 2.24) is 0 Å². The quantitative estimate of drug-likeness (QED) is 0.636. The van der Waals surface area contributed by atoms with Gasteiger partial charge in [0.1, 0.15) is 0 Å². The second-order valence-electron chi connectivity index (χ2n) is 5.72. The molecule has 0 spiro atoms. The Morgan fingerprint density at radius 2 is 1.29 bits per heavy atom. The topological polar surface area (TPSA) is 20.2 Å². The lowest BCUT2D eigenvalue weighted by Gasteiger charge is -2.24. The molecular formula is C13H22O. The summed E-state index contributed by atoms with van der Waals surface area (Å²) in [6.07, 6.45) is 12.2. The summed E-state index contributed by atoms with van der Waals surface area (Å²) in [6.45, 7) is 0. The van der Waals surface area contributed by atoms with Crippen molar-refractivity contribution < 1.29 is 5.11 Å². The molecule has 0 aromatic carbocycles. The summed E-state index contributed by atoms with van der Waals surface area (Å²) >= 11 is 0. The van der Waals surface area contributed by atoms with E-state index in [0.29, 0.717) is 17.8 Å². The first-order valence-corrected chi connectivity index (χ1v) is 6.56. The predicted octanol–water partition coefficient (Wildman–Crippen LogP) is 3.12. The van der Waals surface area contributed by atoms with Gasteiger partial charge in [0.2, 0.25) is 0 Å². The summed E-state index contributed by atoms with van der Waals surface area (Å²) in [5, 5.41) is 10.7. The molecule has 3 aliphatic rings. The molecule has 1 nitrogen and oxygen atoms in total. The number of rotatable bonds is 1. The molecule has 80 valence electrons. The Balaban J connectivity index is 1.69. The van der Waals surface area contributed by atoms with Crippen molar-refractivity contribution in [3.63, 3.8) is 0 Å². The van der Waals surface area contributed by atoms with Gasteiger partial charge in [0.25, 0.3) is 0 Å². The highest BCUT2D eigenvalue weighted by atomic mass is 16.3. The van der Waals surface area contributed by atoms with E-state index in [2.05, 4.69) is 0 Å². The normalized spacial score (nSPS) is 48.6. The van der Waals surface area contributed by atoms with Gasteiger partial charge in [0.15, 0.2) is 0 Å². The Morgan fingerprint density at radius 1 is 0.714 bits per heavy atom. The Hall–Kier alpha value is -0.0400. The van der Waals surface area contributed by atoms with Gasteiger partial charge < -0.3 is 5.11 Å². The number of hydrogen-bond donors (Lipinski definition) is 1. The average Bonchev–Trinajstić information content (AvgIpc) is 2.57. The molecule has 3 saturated carbocycles. The van der Waals surface area contributed by atoms with E-state index >= 15 is 0 Å². The fourth-order valence-corrected chi connectivity index (χ4v) is 4.32. The fourth-order valence-electron chi connectivity index (χ4n) is 4.32. The van der Waals surface area contributed by atoms with Gasteiger partial charge in [0.05, 0.1) is 5.60 Å². The van der Waals surface area contributed by atoms with Gasteiger partial charge in [-0.05, 0) is 43.4 Å². The van der Waals surface area contributed by atoms with Gasteiger partial charge in [-0.15, -0.1) is 0 Å². The van der Waals surface area contributed by atoms with E-state index in [4.69, 9.17) is 0 Å². The van der Waals surface area contributed by atoms with E-state index in [-0.39, 0.29) is 5.60 Å². The van der Waals surface area contributed by atoms with Crippen LogP contribution in [0, 0.1) is 17.8 Å². The highest BCUT2D eigenvalue weighted by Gasteiger charge is 2.67. The van der Waals surface area contributed by atoms with Gasteiger partial charge in [-0.25, -0.2) is 0 Å². The first kappa shape index (κ1) is 9.21. The molecule has 2 unspecified atom stereocenters. The Labute approximate surface area is 86.9 Å². The fraction of sp³-hybridized carbons (Fsp3) is 1.00. The minimum absolute atomic E-state index is 0.178. The van der Waals surface area contributed by atoms with Gasteiger partial charge in [-0.2, -0.15) is 0 Å². The summed E-state index contributed by atoms with van der Waals surface area (Å²) in [6, 6.07) is 0. The first-order valence-electron chi connectivity index (χ1n) is 6.56.